The van der Waals surface area contributed by atoms with Gasteiger partial charge in [-0.1, -0.05) is 28.1 Å². The molecule has 0 spiro atoms. The van der Waals surface area contributed by atoms with Crippen molar-refractivity contribution < 1.29 is 9.18 Å². The normalized spacial score (nSPS) is 11.8. The lowest BCUT2D eigenvalue weighted by Gasteiger charge is -2.15. The Morgan fingerprint density at radius 2 is 1.70 bits per heavy atom. The Hall–Kier alpha value is -1.88. The summed E-state index contributed by atoms with van der Waals surface area (Å²) in [6, 6.07) is 12.9. The maximum Gasteiger partial charge on any atom is 0.319 e. The lowest BCUT2D eigenvalue weighted by molar-refractivity contribution is 0.249. The third-order valence-corrected chi connectivity index (χ3v) is 3.35. The largest absolute Gasteiger partial charge is 0.331 e. The molecule has 0 aliphatic rings. The van der Waals surface area contributed by atoms with Gasteiger partial charge in [-0.05, 0) is 48.9 Å². The fourth-order valence-corrected chi connectivity index (χ4v) is 2.00. The van der Waals surface area contributed by atoms with Gasteiger partial charge in [0.1, 0.15) is 5.82 Å². The van der Waals surface area contributed by atoms with Crippen molar-refractivity contribution in [2.75, 3.05) is 5.32 Å². The zero-order valence-electron chi connectivity index (χ0n) is 10.9. The van der Waals surface area contributed by atoms with E-state index in [0.29, 0.717) is 5.69 Å². The molecule has 0 bridgehead atoms. The molecule has 0 aliphatic heterocycles. The molecule has 20 heavy (non-hydrogen) atoms. The summed E-state index contributed by atoms with van der Waals surface area (Å²) in [4.78, 5) is 11.8. The second-order valence-corrected chi connectivity index (χ2v) is 5.29. The van der Waals surface area contributed by atoms with Crippen LogP contribution in [0.3, 0.4) is 0 Å². The molecule has 1 atom stereocenters. The number of nitrogens with one attached hydrogen (secondary N) is 2. The number of benzene rings is 2. The van der Waals surface area contributed by atoms with Crippen molar-refractivity contribution in [1.82, 2.24) is 5.32 Å². The topological polar surface area (TPSA) is 41.1 Å². The molecule has 3 nitrogen and oxygen atoms in total. The minimum atomic E-state index is -0.334. The first kappa shape index (κ1) is 14.5. The Morgan fingerprint density at radius 1 is 1.10 bits per heavy atom. The summed E-state index contributed by atoms with van der Waals surface area (Å²) in [6.45, 7) is 1.90. The first-order valence-corrected chi connectivity index (χ1v) is 6.92. The summed E-state index contributed by atoms with van der Waals surface area (Å²) in [5.74, 6) is -0.334. The Labute approximate surface area is 125 Å². The number of carbonyl (C=O) groups excluding carboxylic acids is 1. The minimum Gasteiger partial charge on any atom is -0.331 e. The Kier molecular flexibility index (Phi) is 4.74. The number of halogens is 2. The average Bonchev–Trinajstić information content (AvgIpc) is 2.42. The molecule has 0 saturated carbocycles. The van der Waals surface area contributed by atoms with Crippen LogP contribution in [0, 0.1) is 5.82 Å². The molecule has 2 rings (SSSR count). The van der Waals surface area contributed by atoms with E-state index in [0.717, 1.165) is 10.0 Å². The predicted molar refractivity (Wildman–Crippen MR) is 81.1 cm³/mol. The van der Waals surface area contributed by atoms with Crippen LogP contribution < -0.4 is 10.6 Å². The summed E-state index contributed by atoms with van der Waals surface area (Å²) in [7, 11) is 0. The standard InChI is InChI=1S/C15H14BrFN2O/c1-10(11-2-4-12(16)5-3-11)18-15(20)19-14-8-6-13(17)7-9-14/h2-10H,1H3,(H2,18,19,20). The molecule has 0 heterocycles. The van der Waals surface area contributed by atoms with Crippen LogP contribution in [0.15, 0.2) is 53.0 Å². The van der Waals surface area contributed by atoms with E-state index < -0.39 is 0 Å². The molecule has 0 aliphatic carbocycles. The van der Waals surface area contributed by atoms with E-state index in [1.165, 1.54) is 24.3 Å². The Balaban J connectivity index is 1.93. The van der Waals surface area contributed by atoms with Crippen LogP contribution in [0.2, 0.25) is 0 Å². The molecule has 0 fully saturated rings. The Bertz CT molecular complexity index is 584. The highest BCUT2D eigenvalue weighted by Gasteiger charge is 2.09. The smallest absolute Gasteiger partial charge is 0.319 e. The number of urea groups is 1. The lowest BCUT2D eigenvalue weighted by Crippen LogP contribution is -2.31. The molecular weight excluding hydrogens is 323 g/mol. The van der Waals surface area contributed by atoms with Crippen molar-refractivity contribution >= 4 is 27.6 Å². The molecule has 2 N–H and O–H groups in total. The fraction of sp³-hybridized carbons (Fsp3) is 0.133. The predicted octanol–water partition coefficient (Wildman–Crippen LogP) is 4.47. The number of carbonyl (C=O) groups is 1. The number of hydrogen-bond donors (Lipinski definition) is 2. The van der Waals surface area contributed by atoms with Crippen LogP contribution in [0.25, 0.3) is 0 Å². The molecule has 0 radical (unpaired) electrons. The van der Waals surface area contributed by atoms with Crippen molar-refractivity contribution in [1.29, 1.82) is 0 Å². The van der Waals surface area contributed by atoms with E-state index in [1.54, 1.807) is 0 Å². The van der Waals surface area contributed by atoms with E-state index in [2.05, 4.69) is 26.6 Å². The van der Waals surface area contributed by atoms with Crippen LogP contribution in [0.1, 0.15) is 18.5 Å². The van der Waals surface area contributed by atoms with Gasteiger partial charge in [0.25, 0.3) is 0 Å². The third kappa shape index (κ3) is 4.06. The van der Waals surface area contributed by atoms with Gasteiger partial charge in [-0.2, -0.15) is 0 Å². The quantitative estimate of drug-likeness (QED) is 0.852. The maximum absolute atomic E-state index is 12.8. The number of hydrogen-bond acceptors (Lipinski definition) is 1. The molecule has 0 aromatic heterocycles. The highest BCUT2D eigenvalue weighted by Crippen LogP contribution is 2.16. The van der Waals surface area contributed by atoms with Gasteiger partial charge in [0.15, 0.2) is 0 Å². The third-order valence-electron chi connectivity index (χ3n) is 2.82. The van der Waals surface area contributed by atoms with Crippen molar-refractivity contribution in [2.45, 2.75) is 13.0 Å². The first-order valence-electron chi connectivity index (χ1n) is 6.13. The number of anilines is 1. The number of rotatable bonds is 3. The molecule has 0 saturated heterocycles. The molecule has 104 valence electrons. The summed E-state index contributed by atoms with van der Waals surface area (Å²) < 4.78 is 13.7. The van der Waals surface area contributed by atoms with E-state index in [4.69, 9.17) is 0 Å². The zero-order chi connectivity index (χ0) is 14.5. The molecule has 2 aromatic carbocycles. The van der Waals surface area contributed by atoms with Gasteiger partial charge in [-0.3, -0.25) is 0 Å². The Morgan fingerprint density at radius 3 is 2.30 bits per heavy atom. The summed E-state index contributed by atoms with van der Waals surface area (Å²) in [6.07, 6.45) is 0. The van der Waals surface area contributed by atoms with Gasteiger partial charge >= 0.3 is 6.03 Å². The van der Waals surface area contributed by atoms with Gasteiger partial charge in [-0.25, -0.2) is 9.18 Å². The number of amides is 2. The molecule has 2 aromatic rings. The molecule has 5 heteroatoms. The van der Waals surface area contributed by atoms with E-state index >= 15 is 0 Å². The van der Waals surface area contributed by atoms with Crippen LogP contribution in [0.5, 0.6) is 0 Å². The zero-order valence-corrected chi connectivity index (χ0v) is 12.4. The second kappa shape index (κ2) is 6.52. The van der Waals surface area contributed by atoms with Crippen LogP contribution >= 0.6 is 15.9 Å². The summed E-state index contributed by atoms with van der Waals surface area (Å²) in [5, 5.41) is 5.47. The first-order chi connectivity index (χ1) is 9.54. The lowest BCUT2D eigenvalue weighted by atomic mass is 10.1. The van der Waals surface area contributed by atoms with E-state index in [-0.39, 0.29) is 17.9 Å². The summed E-state index contributed by atoms with van der Waals surface area (Å²) in [5.41, 5.74) is 1.55. The van der Waals surface area contributed by atoms with Gasteiger partial charge in [0.2, 0.25) is 0 Å². The van der Waals surface area contributed by atoms with Crippen LogP contribution in [-0.2, 0) is 0 Å². The van der Waals surface area contributed by atoms with Gasteiger partial charge < -0.3 is 10.6 Å². The highest BCUT2D eigenvalue weighted by atomic mass is 79.9. The molecule has 2 amide bonds. The molecular formula is C15H14BrFN2O. The van der Waals surface area contributed by atoms with Crippen molar-refractivity contribution in [3.63, 3.8) is 0 Å². The van der Waals surface area contributed by atoms with Crippen molar-refractivity contribution in [3.05, 3.63) is 64.4 Å². The monoisotopic (exact) mass is 336 g/mol. The van der Waals surface area contributed by atoms with Crippen LogP contribution in [-0.4, -0.2) is 6.03 Å². The highest BCUT2D eigenvalue weighted by molar-refractivity contribution is 9.10. The van der Waals surface area contributed by atoms with Crippen molar-refractivity contribution in [2.24, 2.45) is 0 Å². The average molecular weight is 337 g/mol. The van der Waals surface area contributed by atoms with E-state index in [1.807, 2.05) is 31.2 Å². The van der Waals surface area contributed by atoms with Gasteiger partial charge in [-0.15, -0.1) is 0 Å². The SMILES string of the molecule is CC(NC(=O)Nc1ccc(F)cc1)c1ccc(Br)cc1. The molecule has 1 unspecified atom stereocenters. The second-order valence-electron chi connectivity index (χ2n) is 4.38. The van der Waals surface area contributed by atoms with Crippen molar-refractivity contribution in [3.8, 4) is 0 Å². The van der Waals surface area contributed by atoms with Gasteiger partial charge in [0.05, 0.1) is 6.04 Å². The summed E-state index contributed by atoms with van der Waals surface area (Å²) >= 11 is 3.37. The van der Waals surface area contributed by atoms with Gasteiger partial charge in [0, 0.05) is 10.2 Å². The fourth-order valence-electron chi connectivity index (χ4n) is 1.73. The van der Waals surface area contributed by atoms with E-state index in [9.17, 15) is 9.18 Å². The minimum absolute atomic E-state index is 0.122. The van der Waals surface area contributed by atoms with Crippen LogP contribution in [0.4, 0.5) is 14.9 Å². The maximum atomic E-state index is 12.8.